The predicted octanol–water partition coefficient (Wildman–Crippen LogP) is 1.70. The largest absolute Gasteiger partial charge is 0.356 e. The SMILES string of the molecule is CC1(C(=O)N2CC[C@]3(CCCNC3=O)C2)CCCC1. The van der Waals surface area contributed by atoms with E-state index in [0.29, 0.717) is 12.5 Å². The molecule has 4 nitrogen and oxygen atoms in total. The van der Waals surface area contributed by atoms with Gasteiger partial charge in [0, 0.05) is 25.0 Å². The lowest BCUT2D eigenvalue weighted by Crippen LogP contribution is -2.49. The van der Waals surface area contributed by atoms with Gasteiger partial charge >= 0.3 is 0 Å². The van der Waals surface area contributed by atoms with Crippen LogP contribution in [0.4, 0.5) is 0 Å². The van der Waals surface area contributed by atoms with Crippen LogP contribution in [-0.2, 0) is 9.59 Å². The summed E-state index contributed by atoms with van der Waals surface area (Å²) in [6.07, 6.45) is 7.21. The Morgan fingerprint density at radius 1 is 1.16 bits per heavy atom. The van der Waals surface area contributed by atoms with Crippen molar-refractivity contribution in [2.24, 2.45) is 10.8 Å². The Labute approximate surface area is 114 Å². The maximum absolute atomic E-state index is 12.7. The van der Waals surface area contributed by atoms with E-state index >= 15 is 0 Å². The molecule has 2 amide bonds. The molecule has 1 N–H and O–H groups in total. The van der Waals surface area contributed by atoms with E-state index in [-0.39, 0.29) is 16.7 Å². The summed E-state index contributed by atoms with van der Waals surface area (Å²) in [5.74, 6) is 0.464. The zero-order chi connectivity index (χ0) is 13.5. The molecule has 2 saturated heterocycles. The molecule has 106 valence electrons. The van der Waals surface area contributed by atoms with Crippen LogP contribution in [0.15, 0.2) is 0 Å². The molecular weight excluding hydrogens is 240 g/mol. The van der Waals surface area contributed by atoms with Crippen molar-refractivity contribution in [1.29, 1.82) is 0 Å². The van der Waals surface area contributed by atoms with Crippen LogP contribution in [0.25, 0.3) is 0 Å². The number of nitrogens with zero attached hydrogens (tertiary/aromatic N) is 1. The van der Waals surface area contributed by atoms with Crippen molar-refractivity contribution in [3.63, 3.8) is 0 Å². The van der Waals surface area contributed by atoms with Crippen LogP contribution in [-0.4, -0.2) is 36.3 Å². The lowest BCUT2D eigenvalue weighted by atomic mass is 9.79. The van der Waals surface area contributed by atoms with Crippen LogP contribution >= 0.6 is 0 Å². The Hall–Kier alpha value is -1.06. The molecule has 0 unspecified atom stereocenters. The van der Waals surface area contributed by atoms with Crippen molar-refractivity contribution in [3.05, 3.63) is 0 Å². The molecule has 1 spiro atoms. The zero-order valence-electron chi connectivity index (χ0n) is 11.8. The van der Waals surface area contributed by atoms with E-state index in [1.54, 1.807) is 0 Å². The Morgan fingerprint density at radius 3 is 2.58 bits per heavy atom. The van der Waals surface area contributed by atoms with Crippen LogP contribution in [0.2, 0.25) is 0 Å². The highest BCUT2D eigenvalue weighted by Gasteiger charge is 2.49. The molecule has 2 heterocycles. The summed E-state index contributed by atoms with van der Waals surface area (Å²) in [6, 6.07) is 0. The van der Waals surface area contributed by atoms with Gasteiger partial charge in [0.25, 0.3) is 0 Å². The van der Waals surface area contributed by atoms with Gasteiger partial charge < -0.3 is 10.2 Å². The predicted molar refractivity (Wildman–Crippen MR) is 72.4 cm³/mol. The average molecular weight is 264 g/mol. The van der Waals surface area contributed by atoms with E-state index in [4.69, 9.17) is 0 Å². The van der Waals surface area contributed by atoms with E-state index in [1.165, 1.54) is 12.8 Å². The molecule has 1 atom stereocenters. The normalized spacial score (nSPS) is 33.7. The topological polar surface area (TPSA) is 49.4 Å². The number of carbonyl (C=O) groups excluding carboxylic acids is 2. The van der Waals surface area contributed by atoms with Crippen molar-refractivity contribution in [3.8, 4) is 0 Å². The van der Waals surface area contributed by atoms with E-state index in [2.05, 4.69) is 12.2 Å². The highest BCUT2D eigenvalue weighted by Crippen LogP contribution is 2.43. The van der Waals surface area contributed by atoms with Crippen molar-refractivity contribution >= 4 is 11.8 Å². The fraction of sp³-hybridized carbons (Fsp3) is 0.867. The minimum atomic E-state index is -0.275. The standard InChI is InChI=1S/C15H24N2O2/c1-14(5-2-3-6-14)13(19)17-10-8-15(11-17)7-4-9-16-12(15)18/h2-11H2,1H3,(H,16,18)/t15-/m1/s1. The van der Waals surface area contributed by atoms with Gasteiger partial charge in [-0.25, -0.2) is 0 Å². The highest BCUT2D eigenvalue weighted by molar-refractivity contribution is 5.87. The third-order valence-corrected chi connectivity index (χ3v) is 5.46. The summed E-state index contributed by atoms with van der Waals surface area (Å²) in [4.78, 5) is 26.8. The Kier molecular flexibility index (Phi) is 3.06. The minimum absolute atomic E-state index is 0.156. The van der Waals surface area contributed by atoms with Gasteiger partial charge in [-0.3, -0.25) is 9.59 Å². The van der Waals surface area contributed by atoms with Crippen LogP contribution in [0.3, 0.4) is 0 Å². The van der Waals surface area contributed by atoms with Crippen LogP contribution in [0, 0.1) is 10.8 Å². The van der Waals surface area contributed by atoms with Gasteiger partial charge in [-0.15, -0.1) is 0 Å². The summed E-state index contributed by atoms with van der Waals surface area (Å²) in [6.45, 7) is 4.32. The van der Waals surface area contributed by atoms with E-state index in [9.17, 15) is 9.59 Å². The van der Waals surface area contributed by atoms with Gasteiger partial charge in [-0.2, -0.15) is 0 Å². The molecule has 3 fully saturated rings. The van der Waals surface area contributed by atoms with Crippen molar-refractivity contribution < 1.29 is 9.59 Å². The van der Waals surface area contributed by atoms with Crippen LogP contribution in [0.1, 0.15) is 51.9 Å². The van der Waals surface area contributed by atoms with Crippen LogP contribution in [0.5, 0.6) is 0 Å². The summed E-state index contributed by atoms with van der Waals surface area (Å²) >= 11 is 0. The molecule has 0 bridgehead atoms. The van der Waals surface area contributed by atoms with Gasteiger partial charge in [0.15, 0.2) is 0 Å². The lowest BCUT2D eigenvalue weighted by Gasteiger charge is -2.34. The van der Waals surface area contributed by atoms with Gasteiger partial charge in [0.1, 0.15) is 0 Å². The molecule has 1 saturated carbocycles. The van der Waals surface area contributed by atoms with Crippen LogP contribution < -0.4 is 5.32 Å². The van der Waals surface area contributed by atoms with Gasteiger partial charge in [0.2, 0.25) is 11.8 Å². The molecule has 2 aliphatic heterocycles. The Balaban J connectivity index is 1.71. The quantitative estimate of drug-likeness (QED) is 0.783. The molecule has 0 aromatic rings. The molecule has 0 aromatic carbocycles. The zero-order valence-corrected chi connectivity index (χ0v) is 11.8. The number of amides is 2. The summed E-state index contributed by atoms with van der Waals surface area (Å²) in [5, 5.41) is 2.98. The molecule has 3 aliphatic rings. The number of hydrogen-bond donors (Lipinski definition) is 1. The number of nitrogens with one attached hydrogen (secondary N) is 1. The Morgan fingerprint density at radius 2 is 1.89 bits per heavy atom. The minimum Gasteiger partial charge on any atom is -0.356 e. The lowest BCUT2D eigenvalue weighted by molar-refractivity contribution is -0.141. The average Bonchev–Trinajstić information content (AvgIpc) is 3.01. The van der Waals surface area contributed by atoms with Crippen molar-refractivity contribution in [1.82, 2.24) is 10.2 Å². The maximum Gasteiger partial charge on any atom is 0.228 e. The molecule has 1 aliphatic carbocycles. The fourth-order valence-corrected chi connectivity index (χ4v) is 4.12. The summed E-state index contributed by atoms with van der Waals surface area (Å²) in [7, 11) is 0. The third kappa shape index (κ3) is 2.05. The maximum atomic E-state index is 12.7. The van der Waals surface area contributed by atoms with Crippen molar-refractivity contribution in [2.45, 2.75) is 51.9 Å². The number of piperidine rings is 1. The first-order valence-corrected chi connectivity index (χ1v) is 7.64. The van der Waals surface area contributed by atoms with Gasteiger partial charge in [0.05, 0.1) is 5.41 Å². The van der Waals surface area contributed by atoms with E-state index < -0.39 is 0 Å². The molecule has 0 radical (unpaired) electrons. The van der Waals surface area contributed by atoms with Crippen molar-refractivity contribution in [2.75, 3.05) is 19.6 Å². The Bertz CT molecular complexity index is 401. The molecule has 19 heavy (non-hydrogen) atoms. The second kappa shape index (κ2) is 4.50. The molecule has 3 rings (SSSR count). The van der Waals surface area contributed by atoms with Gasteiger partial charge in [-0.05, 0) is 32.1 Å². The summed E-state index contributed by atoms with van der Waals surface area (Å²) < 4.78 is 0. The number of carbonyl (C=O) groups is 2. The first kappa shape index (κ1) is 12.9. The smallest absolute Gasteiger partial charge is 0.228 e. The number of hydrogen-bond acceptors (Lipinski definition) is 2. The second-order valence-corrected chi connectivity index (χ2v) is 6.88. The third-order valence-electron chi connectivity index (χ3n) is 5.46. The fourth-order valence-electron chi connectivity index (χ4n) is 4.12. The number of rotatable bonds is 1. The monoisotopic (exact) mass is 264 g/mol. The summed E-state index contributed by atoms with van der Waals surface area (Å²) in [5.41, 5.74) is -0.431. The second-order valence-electron chi connectivity index (χ2n) is 6.88. The van der Waals surface area contributed by atoms with Gasteiger partial charge in [-0.1, -0.05) is 19.8 Å². The van der Waals surface area contributed by atoms with E-state index in [1.807, 2.05) is 4.90 Å². The first-order valence-electron chi connectivity index (χ1n) is 7.64. The highest BCUT2D eigenvalue weighted by atomic mass is 16.2. The molecular formula is C15H24N2O2. The first-order chi connectivity index (χ1) is 9.06. The van der Waals surface area contributed by atoms with E-state index in [0.717, 1.165) is 45.2 Å². The molecule has 0 aromatic heterocycles. The number of likely N-dealkylation sites (tertiary alicyclic amines) is 1. The molecule has 4 heteroatoms.